The number of thioether (sulfide) groups is 2. The molecule has 3 aliphatic rings. The van der Waals surface area contributed by atoms with Gasteiger partial charge in [0.1, 0.15) is 16.6 Å². The summed E-state index contributed by atoms with van der Waals surface area (Å²) < 4.78 is 0. The fourth-order valence-corrected chi connectivity index (χ4v) is 8.91. The molecule has 0 radical (unpaired) electrons. The van der Waals surface area contributed by atoms with Gasteiger partial charge in [-0.15, -0.1) is 23.5 Å². The summed E-state index contributed by atoms with van der Waals surface area (Å²) in [6.45, 7) is 2.25. The van der Waals surface area contributed by atoms with Crippen LogP contribution in [0.3, 0.4) is 0 Å². The number of aliphatic imine (C=N–C) groups is 1. The lowest BCUT2D eigenvalue weighted by molar-refractivity contribution is -0.116. The Balaban J connectivity index is 1.06. The Labute approximate surface area is 275 Å². The summed E-state index contributed by atoms with van der Waals surface area (Å²) in [5.41, 5.74) is 5.75. The van der Waals surface area contributed by atoms with Crippen LogP contribution in [0.1, 0.15) is 33.0 Å². The Morgan fingerprint density at radius 3 is 1.70 bits per heavy atom. The molecular formula is C34H28Cl2N4O2S2. The number of nitrogens with zero attached hydrogens (tertiary/aromatic N) is 4. The van der Waals surface area contributed by atoms with E-state index in [1.54, 1.807) is 23.5 Å². The second-order valence-electron chi connectivity index (χ2n) is 10.7. The third-order valence-electron chi connectivity index (χ3n) is 8.00. The van der Waals surface area contributed by atoms with Crippen LogP contribution < -0.4 is 9.80 Å². The first-order valence-corrected chi connectivity index (χ1v) is 17.2. The van der Waals surface area contributed by atoms with E-state index in [1.807, 2.05) is 94.7 Å². The lowest BCUT2D eigenvalue weighted by Gasteiger charge is -2.26. The van der Waals surface area contributed by atoms with Crippen molar-refractivity contribution in [1.29, 1.82) is 0 Å². The summed E-state index contributed by atoms with van der Waals surface area (Å²) in [4.78, 5) is 36.5. The first kappa shape index (κ1) is 29.3. The second kappa shape index (κ2) is 12.5. The smallest absolute Gasteiger partial charge is 0.238 e. The molecule has 222 valence electrons. The van der Waals surface area contributed by atoms with E-state index in [1.165, 1.54) is 0 Å². The van der Waals surface area contributed by atoms with E-state index < -0.39 is 0 Å². The number of amidine groups is 1. The number of hydrogen-bond acceptors (Lipinski definition) is 6. The molecule has 0 bridgehead atoms. The zero-order valence-corrected chi connectivity index (χ0v) is 26.8. The zero-order valence-electron chi connectivity index (χ0n) is 23.6. The molecule has 3 heterocycles. The van der Waals surface area contributed by atoms with Crippen molar-refractivity contribution in [1.82, 2.24) is 4.90 Å². The topological polar surface area (TPSA) is 56.2 Å². The number of carbonyl (C=O) groups is 2. The molecule has 2 atom stereocenters. The SMILES string of the molecule is O=C1CSC(c2ccccc2Cl)N1c1ccc(CN2CCN=C2c2ccc(N3C(=O)CSC3c3ccccc3Cl)cc2)cc1. The molecule has 0 spiro atoms. The van der Waals surface area contributed by atoms with Gasteiger partial charge in [-0.2, -0.15) is 0 Å². The standard InChI is InChI=1S/C34H28Cl2N4O2S2/c35-28-7-3-1-5-26(28)33-39(30(41)20-43-33)24-13-9-22(10-14-24)19-38-18-17-37-32(38)23-11-15-25(16-12-23)40-31(42)21-44-34(40)27-6-2-4-8-29(27)36/h1-16,33-34H,17-21H2. The Bertz CT molecular complexity index is 1750. The number of rotatable bonds is 7. The van der Waals surface area contributed by atoms with Crippen molar-refractivity contribution in [2.24, 2.45) is 4.99 Å². The fraction of sp³-hybridized carbons (Fsp3) is 0.206. The van der Waals surface area contributed by atoms with E-state index in [2.05, 4.69) is 17.0 Å². The van der Waals surface area contributed by atoms with Crippen molar-refractivity contribution in [2.75, 3.05) is 34.4 Å². The third kappa shape index (κ3) is 5.60. The van der Waals surface area contributed by atoms with Crippen molar-refractivity contribution in [3.8, 4) is 0 Å². The van der Waals surface area contributed by atoms with Gasteiger partial charge in [0.05, 0.1) is 18.1 Å². The van der Waals surface area contributed by atoms with Gasteiger partial charge < -0.3 is 4.90 Å². The highest BCUT2D eigenvalue weighted by molar-refractivity contribution is 8.01. The van der Waals surface area contributed by atoms with Crippen LogP contribution >= 0.6 is 46.7 Å². The van der Waals surface area contributed by atoms with Gasteiger partial charge >= 0.3 is 0 Å². The molecule has 10 heteroatoms. The monoisotopic (exact) mass is 658 g/mol. The van der Waals surface area contributed by atoms with Crippen molar-refractivity contribution < 1.29 is 9.59 Å². The van der Waals surface area contributed by atoms with Crippen molar-refractivity contribution in [2.45, 2.75) is 17.3 Å². The molecule has 0 aromatic heterocycles. The van der Waals surface area contributed by atoms with E-state index in [4.69, 9.17) is 28.2 Å². The molecular weight excluding hydrogens is 631 g/mol. The molecule has 0 N–H and O–H groups in total. The molecule has 7 rings (SSSR count). The average Bonchev–Trinajstić information content (AvgIpc) is 3.77. The van der Waals surface area contributed by atoms with Crippen molar-refractivity contribution in [3.05, 3.63) is 129 Å². The number of benzene rings is 4. The third-order valence-corrected chi connectivity index (χ3v) is 11.1. The minimum atomic E-state index is -0.153. The first-order chi connectivity index (χ1) is 21.5. The van der Waals surface area contributed by atoms with Crippen LogP contribution in [0.15, 0.2) is 102 Å². The lowest BCUT2D eigenvalue weighted by atomic mass is 10.1. The maximum atomic E-state index is 12.9. The summed E-state index contributed by atoms with van der Waals surface area (Å²) in [5.74, 6) is 1.94. The largest absolute Gasteiger partial charge is 0.350 e. The van der Waals surface area contributed by atoms with E-state index in [-0.39, 0.29) is 22.6 Å². The van der Waals surface area contributed by atoms with Gasteiger partial charge in [-0.1, -0.05) is 71.7 Å². The summed E-state index contributed by atoms with van der Waals surface area (Å²) >= 11 is 16.2. The summed E-state index contributed by atoms with van der Waals surface area (Å²) in [5, 5.41) is 1.04. The molecule has 2 unspecified atom stereocenters. The van der Waals surface area contributed by atoms with Gasteiger partial charge in [0.15, 0.2) is 0 Å². The highest BCUT2D eigenvalue weighted by Gasteiger charge is 2.36. The fourth-order valence-electron chi connectivity index (χ4n) is 5.88. The number of carbonyl (C=O) groups excluding carboxylic acids is 2. The van der Waals surface area contributed by atoms with Gasteiger partial charge in [0, 0.05) is 51.2 Å². The van der Waals surface area contributed by atoms with Crippen molar-refractivity contribution >= 4 is 75.8 Å². The summed E-state index contributed by atoms with van der Waals surface area (Å²) in [6.07, 6.45) is 0. The van der Waals surface area contributed by atoms with Gasteiger partial charge in [0.2, 0.25) is 11.8 Å². The van der Waals surface area contributed by atoms with Crippen LogP contribution in [0.5, 0.6) is 0 Å². The normalized spacial score (nSPS) is 20.1. The van der Waals surface area contributed by atoms with Crippen LogP contribution in [0.25, 0.3) is 0 Å². The Morgan fingerprint density at radius 2 is 1.18 bits per heavy atom. The van der Waals surface area contributed by atoms with Crippen LogP contribution in [0.2, 0.25) is 10.0 Å². The molecule has 4 aromatic carbocycles. The van der Waals surface area contributed by atoms with E-state index in [0.29, 0.717) is 28.1 Å². The molecule has 0 aliphatic carbocycles. The van der Waals surface area contributed by atoms with E-state index in [9.17, 15) is 9.59 Å². The second-order valence-corrected chi connectivity index (χ2v) is 13.7. The van der Waals surface area contributed by atoms with E-state index in [0.717, 1.165) is 52.6 Å². The summed E-state index contributed by atoms with van der Waals surface area (Å²) in [6, 6.07) is 31.7. The number of halogens is 2. The van der Waals surface area contributed by atoms with Gasteiger partial charge in [-0.25, -0.2) is 0 Å². The van der Waals surface area contributed by atoms with E-state index >= 15 is 0 Å². The maximum Gasteiger partial charge on any atom is 0.238 e. The minimum Gasteiger partial charge on any atom is -0.350 e. The number of amides is 2. The highest BCUT2D eigenvalue weighted by Crippen LogP contribution is 2.45. The van der Waals surface area contributed by atoms with Gasteiger partial charge in [-0.3, -0.25) is 24.4 Å². The lowest BCUT2D eigenvalue weighted by Crippen LogP contribution is -2.29. The number of anilines is 2. The predicted molar refractivity (Wildman–Crippen MR) is 183 cm³/mol. The molecule has 44 heavy (non-hydrogen) atoms. The maximum absolute atomic E-state index is 12.9. The molecule has 2 amide bonds. The molecule has 0 saturated carbocycles. The Kier molecular flexibility index (Phi) is 8.33. The molecule has 4 aromatic rings. The van der Waals surface area contributed by atoms with Gasteiger partial charge in [0.25, 0.3) is 0 Å². The minimum absolute atomic E-state index is 0.0726. The predicted octanol–water partition coefficient (Wildman–Crippen LogP) is 7.81. The molecule has 3 aliphatic heterocycles. The number of hydrogen-bond donors (Lipinski definition) is 0. The van der Waals surface area contributed by atoms with Crippen LogP contribution in [-0.4, -0.2) is 47.1 Å². The quantitative estimate of drug-likeness (QED) is 0.203. The highest BCUT2D eigenvalue weighted by atomic mass is 35.5. The molecule has 2 fully saturated rings. The van der Waals surface area contributed by atoms with Crippen LogP contribution in [-0.2, 0) is 16.1 Å². The van der Waals surface area contributed by atoms with Crippen LogP contribution in [0.4, 0.5) is 11.4 Å². The average molecular weight is 660 g/mol. The zero-order chi connectivity index (χ0) is 30.2. The molecule has 6 nitrogen and oxygen atoms in total. The molecule has 2 saturated heterocycles. The van der Waals surface area contributed by atoms with Gasteiger partial charge in [-0.05, 0) is 54.1 Å². The Hall–Kier alpha value is -3.43. The first-order valence-electron chi connectivity index (χ1n) is 14.3. The Morgan fingerprint density at radius 1 is 0.682 bits per heavy atom. The van der Waals surface area contributed by atoms with Crippen molar-refractivity contribution in [3.63, 3.8) is 0 Å². The van der Waals surface area contributed by atoms with Crippen LogP contribution in [0, 0.1) is 0 Å². The summed E-state index contributed by atoms with van der Waals surface area (Å²) in [7, 11) is 0.